The molecule has 0 aromatic rings. The predicted molar refractivity (Wildman–Crippen MR) is 41.4 cm³/mol. The van der Waals surface area contributed by atoms with Crippen LogP contribution in [0.4, 0.5) is 0 Å². The van der Waals surface area contributed by atoms with Gasteiger partial charge in [0.15, 0.2) is 0 Å². The van der Waals surface area contributed by atoms with Crippen LogP contribution < -0.4 is 0 Å². The van der Waals surface area contributed by atoms with Crippen molar-refractivity contribution in [2.75, 3.05) is 34.7 Å². The Morgan fingerprint density at radius 1 is 1.22 bits per heavy atom. The van der Waals surface area contributed by atoms with Crippen LogP contribution >= 0.6 is 0 Å². The number of likely N-dealkylation sites (N-methyl/N-ethyl adjacent to an activating group) is 2. The highest BCUT2D eigenvalue weighted by Gasteiger charge is 1.95. The lowest BCUT2D eigenvalue weighted by Crippen LogP contribution is -2.22. The average molecular weight is 128 g/mol. The fraction of sp³-hybridized carbons (Fsp3) is 0.714. The molecular weight excluding hydrogens is 112 g/mol. The van der Waals surface area contributed by atoms with Gasteiger partial charge in [0.1, 0.15) is 0 Å². The predicted octanol–water partition coefficient (Wildman–Crippen LogP) is 0.623. The zero-order chi connectivity index (χ0) is 7.44. The van der Waals surface area contributed by atoms with Crippen LogP contribution in [0.15, 0.2) is 12.3 Å². The first-order chi connectivity index (χ1) is 4.04. The van der Waals surface area contributed by atoms with E-state index in [2.05, 4.69) is 11.5 Å². The van der Waals surface area contributed by atoms with Crippen molar-refractivity contribution in [2.24, 2.45) is 0 Å². The van der Waals surface area contributed by atoms with Gasteiger partial charge < -0.3 is 9.80 Å². The molecule has 0 N–H and O–H groups in total. The fourth-order valence-electron chi connectivity index (χ4n) is 0.506. The van der Waals surface area contributed by atoms with Gasteiger partial charge in [-0.2, -0.15) is 0 Å². The first-order valence-electron chi connectivity index (χ1n) is 3.04. The number of rotatable bonds is 3. The maximum atomic E-state index is 3.88. The molecule has 0 amide bonds. The van der Waals surface area contributed by atoms with Crippen molar-refractivity contribution >= 4 is 0 Å². The quantitative estimate of drug-likeness (QED) is 0.550. The van der Waals surface area contributed by atoms with Gasteiger partial charge in [0, 0.05) is 26.3 Å². The van der Waals surface area contributed by atoms with E-state index < -0.39 is 0 Å². The van der Waals surface area contributed by atoms with E-state index in [0.717, 1.165) is 12.2 Å². The molecule has 0 aromatic carbocycles. The van der Waals surface area contributed by atoms with Gasteiger partial charge in [0.2, 0.25) is 0 Å². The number of nitrogens with zero attached hydrogens (tertiary/aromatic N) is 2. The molecular formula is C7H16N2. The first kappa shape index (κ1) is 8.50. The van der Waals surface area contributed by atoms with Gasteiger partial charge in [-0.05, 0) is 14.1 Å². The lowest BCUT2D eigenvalue weighted by Gasteiger charge is -2.18. The highest BCUT2D eigenvalue weighted by molar-refractivity contribution is 4.92. The van der Waals surface area contributed by atoms with Crippen molar-refractivity contribution in [1.29, 1.82) is 0 Å². The molecule has 9 heavy (non-hydrogen) atoms. The summed E-state index contributed by atoms with van der Waals surface area (Å²) < 4.78 is 0. The van der Waals surface area contributed by atoms with E-state index in [1.54, 1.807) is 0 Å². The second kappa shape index (κ2) is 3.51. The molecule has 0 aromatic heterocycles. The third kappa shape index (κ3) is 4.03. The summed E-state index contributed by atoms with van der Waals surface area (Å²) in [5, 5.41) is 0. The fourth-order valence-corrected chi connectivity index (χ4v) is 0.506. The first-order valence-corrected chi connectivity index (χ1v) is 3.04. The Kier molecular flexibility index (Phi) is 3.32. The molecule has 0 saturated heterocycles. The molecule has 0 aliphatic heterocycles. The van der Waals surface area contributed by atoms with Gasteiger partial charge in [-0.15, -0.1) is 0 Å². The summed E-state index contributed by atoms with van der Waals surface area (Å²) in [6.07, 6.45) is 0. The molecule has 0 bridgehead atoms. The Morgan fingerprint density at radius 2 is 1.67 bits per heavy atom. The summed E-state index contributed by atoms with van der Waals surface area (Å²) >= 11 is 0. The molecule has 0 saturated carbocycles. The van der Waals surface area contributed by atoms with Gasteiger partial charge >= 0.3 is 0 Å². The topological polar surface area (TPSA) is 6.48 Å². The minimum Gasteiger partial charge on any atom is -0.380 e. The van der Waals surface area contributed by atoms with Crippen LogP contribution in [0.3, 0.4) is 0 Å². The Bertz CT molecular complexity index is 95.1. The average Bonchev–Trinajstić information content (AvgIpc) is 1.63. The second-order valence-corrected chi connectivity index (χ2v) is 2.70. The van der Waals surface area contributed by atoms with Crippen molar-refractivity contribution < 1.29 is 0 Å². The van der Waals surface area contributed by atoms with E-state index in [9.17, 15) is 0 Å². The zero-order valence-electron chi connectivity index (χ0n) is 6.81. The Morgan fingerprint density at radius 3 is 1.78 bits per heavy atom. The Labute approximate surface area is 57.8 Å². The highest BCUT2D eigenvalue weighted by atomic mass is 15.1. The largest absolute Gasteiger partial charge is 0.380 e. The molecule has 54 valence electrons. The van der Waals surface area contributed by atoms with Crippen molar-refractivity contribution in [3.63, 3.8) is 0 Å². The summed E-state index contributed by atoms with van der Waals surface area (Å²) in [5.41, 5.74) is 1.14. The van der Waals surface area contributed by atoms with Gasteiger partial charge in [0.25, 0.3) is 0 Å². The Balaban J connectivity index is 3.51. The van der Waals surface area contributed by atoms with Crippen LogP contribution in [0.5, 0.6) is 0 Å². The molecule has 0 fully saturated rings. The third-order valence-electron chi connectivity index (χ3n) is 1.13. The normalized spacial score (nSPS) is 9.89. The summed E-state index contributed by atoms with van der Waals surface area (Å²) in [5.74, 6) is 0. The maximum Gasteiger partial charge on any atom is 0.0371 e. The van der Waals surface area contributed by atoms with E-state index in [0.29, 0.717) is 0 Å². The van der Waals surface area contributed by atoms with Gasteiger partial charge in [-0.25, -0.2) is 0 Å². The van der Waals surface area contributed by atoms with E-state index in [1.165, 1.54) is 0 Å². The van der Waals surface area contributed by atoms with E-state index in [4.69, 9.17) is 0 Å². The van der Waals surface area contributed by atoms with Crippen LogP contribution in [-0.2, 0) is 0 Å². The molecule has 2 nitrogen and oxygen atoms in total. The van der Waals surface area contributed by atoms with E-state index in [1.807, 2.05) is 33.1 Å². The minimum absolute atomic E-state index is 0.937. The van der Waals surface area contributed by atoms with Crippen LogP contribution in [0, 0.1) is 0 Å². The second-order valence-electron chi connectivity index (χ2n) is 2.70. The third-order valence-corrected chi connectivity index (χ3v) is 1.13. The molecule has 0 unspecified atom stereocenters. The lowest BCUT2D eigenvalue weighted by atomic mass is 10.4. The standard InChI is InChI=1S/C7H16N2/c1-7(9(4)5)6-8(2)3/h1,6H2,2-5H3. The zero-order valence-corrected chi connectivity index (χ0v) is 6.81. The number of hydrogen-bond donors (Lipinski definition) is 0. The van der Waals surface area contributed by atoms with Gasteiger partial charge in [-0.1, -0.05) is 6.58 Å². The molecule has 0 rings (SSSR count). The lowest BCUT2D eigenvalue weighted by molar-refractivity contribution is 0.382. The SMILES string of the molecule is C=C(CN(C)C)N(C)C. The smallest absolute Gasteiger partial charge is 0.0371 e. The summed E-state index contributed by atoms with van der Waals surface area (Å²) in [6.45, 7) is 4.82. The van der Waals surface area contributed by atoms with Crippen LogP contribution in [-0.4, -0.2) is 44.5 Å². The summed E-state index contributed by atoms with van der Waals surface area (Å²) in [6, 6.07) is 0. The molecule has 0 spiro atoms. The number of hydrogen-bond acceptors (Lipinski definition) is 2. The molecule has 0 radical (unpaired) electrons. The van der Waals surface area contributed by atoms with E-state index in [-0.39, 0.29) is 0 Å². The molecule has 0 aliphatic carbocycles. The van der Waals surface area contributed by atoms with Crippen LogP contribution in [0.1, 0.15) is 0 Å². The minimum atomic E-state index is 0.937. The van der Waals surface area contributed by atoms with E-state index >= 15 is 0 Å². The summed E-state index contributed by atoms with van der Waals surface area (Å²) in [7, 11) is 8.08. The van der Waals surface area contributed by atoms with Crippen LogP contribution in [0.2, 0.25) is 0 Å². The van der Waals surface area contributed by atoms with Crippen molar-refractivity contribution in [3.05, 3.63) is 12.3 Å². The van der Waals surface area contributed by atoms with Crippen molar-refractivity contribution in [1.82, 2.24) is 9.80 Å². The van der Waals surface area contributed by atoms with Crippen LogP contribution in [0.25, 0.3) is 0 Å². The van der Waals surface area contributed by atoms with Crippen molar-refractivity contribution in [2.45, 2.75) is 0 Å². The monoisotopic (exact) mass is 128 g/mol. The molecule has 0 atom stereocenters. The maximum absolute atomic E-state index is 3.88. The van der Waals surface area contributed by atoms with Gasteiger partial charge in [-0.3, -0.25) is 0 Å². The molecule has 0 aliphatic rings. The van der Waals surface area contributed by atoms with Gasteiger partial charge in [0.05, 0.1) is 0 Å². The molecule has 2 heteroatoms. The Hall–Kier alpha value is -0.500. The highest BCUT2D eigenvalue weighted by Crippen LogP contribution is 1.93. The van der Waals surface area contributed by atoms with Crippen molar-refractivity contribution in [3.8, 4) is 0 Å². The molecule has 0 heterocycles. The summed E-state index contributed by atoms with van der Waals surface area (Å²) in [4.78, 5) is 4.13.